The average molecular weight is 313 g/mol. The minimum absolute atomic E-state index is 0.0327. The number of carbonyl (C=O) groups excluding carboxylic acids is 2. The van der Waals surface area contributed by atoms with Crippen LogP contribution < -0.4 is 11.1 Å². The smallest absolute Gasteiger partial charge is 0.271 e. The van der Waals surface area contributed by atoms with Gasteiger partial charge in [0, 0.05) is 11.1 Å². The highest BCUT2D eigenvalue weighted by Crippen LogP contribution is 2.23. The van der Waals surface area contributed by atoms with E-state index in [0.29, 0.717) is 18.0 Å². The molecule has 0 saturated carbocycles. The number of hydrogen-bond donors (Lipinski definition) is 2. The van der Waals surface area contributed by atoms with Crippen molar-refractivity contribution in [1.29, 1.82) is 0 Å². The summed E-state index contributed by atoms with van der Waals surface area (Å²) in [6, 6.07) is -0.507. The molecule has 7 heteroatoms. The van der Waals surface area contributed by atoms with Gasteiger partial charge in [0.05, 0.1) is 12.1 Å². The van der Waals surface area contributed by atoms with E-state index in [1.54, 1.807) is 5.38 Å². The van der Waals surface area contributed by atoms with Gasteiger partial charge in [0.15, 0.2) is 0 Å². The lowest BCUT2D eigenvalue weighted by Gasteiger charge is -2.11. The maximum absolute atomic E-state index is 12.0. The summed E-state index contributed by atoms with van der Waals surface area (Å²) in [4.78, 5) is 27.8. The van der Waals surface area contributed by atoms with E-state index in [9.17, 15) is 9.59 Å². The zero-order valence-electron chi connectivity index (χ0n) is 11.6. The van der Waals surface area contributed by atoms with Crippen molar-refractivity contribution >= 4 is 34.1 Å². The first-order valence-corrected chi connectivity index (χ1v) is 8.52. The normalized spacial score (nSPS) is 20.4. The standard InChI is InChI=1S/C13H19N3O2S2/c1-7(2)5-8(14)12-16-10(6-20-12)11(17)15-9-3-4-19-13(9)18/h6-9H,3-5,14H2,1-2H3,(H,15,17). The number of amides is 1. The van der Waals surface area contributed by atoms with Crippen LogP contribution in [0.3, 0.4) is 0 Å². The Morgan fingerprint density at radius 3 is 2.95 bits per heavy atom. The molecule has 0 bridgehead atoms. The Morgan fingerprint density at radius 1 is 1.60 bits per heavy atom. The minimum atomic E-state index is -0.373. The van der Waals surface area contributed by atoms with Gasteiger partial charge in [-0.05, 0) is 18.8 Å². The molecule has 2 rings (SSSR count). The van der Waals surface area contributed by atoms with E-state index in [1.807, 2.05) is 0 Å². The molecule has 1 aliphatic rings. The fourth-order valence-electron chi connectivity index (χ4n) is 2.03. The van der Waals surface area contributed by atoms with Crippen molar-refractivity contribution in [2.24, 2.45) is 11.7 Å². The highest BCUT2D eigenvalue weighted by molar-refractivity contribution is 8.14. The Morgan fingerprint density at radius 2 is 2.35 bits per heavy atom. The number of nitrogens with one attached hydrogen (secondary N) is 1. The zero-order chi connectivity index (χ0) is 14.7. The Kier molecular flexibility index (Phi) is 5.17. The maximum Gasteiger partial charge on any atom is 0.271 e. The molecule has 1 aromatic heterocycles. The summed E-state index contributed by atoms with van der Waals surface area (Å²) in [6.07, 6.45) is 1.53. The molecule has 1 saturated heterocycles. The van der Waals surface area contributed by atoms with Gasteiger partial charge < -0.3 is 11.1 Å². The molecule has 0 aromatic carbocycles. The third-order valence-corrected chi connectivity index (χ3v) is 5.02. The van der Waals surface area contributed by atoms with Crippen LogP contribution in [0.1, 0.15) is 48.2 Å². The van der Waals surface area contributed by atoms with Gasteiger partial charge in [-0.3, -0.25) is 9.59 Å². The molecule has 0 radical (unpaired) electrons. The second-order valence-electron chi connectivity index (χ2n) is 5.29. The van der Waals surface area contributed by atoms with Gasteiger partial charge in [-0.25, -0.2) is 4.98 Å². The molecule has 2 heterocycles. The Bertz CT molecular complexity index is 502. The van der Waals surface area contributed by atoms with Crippen molar-refractivity contribution in [3.63, 3.8) is 0 Å². The predicted octanol–water partition coefficient (Wildman–Crippen LogP) is 1.95. The molecule has 1 fully saturated rings. The summed E-state index contributed by atoms with van der Waals surface area (Å²) in [5, 5.41) is 5.24. The van der Waals surface area contributed by atoms with Crippen LogP contribution in [0.2, 0.25) is 0 Å². The third-order valence-electron chi connectivity index (χ3n) is 3.04. The molecule has 1 aliphatic heterocycles. The molecule has 1 aromatic rings. The van der Waals surface area contributed by atoms with E-state index in [0.717, 1.165) is 17.2 Å². The number of carbonyl (C=O) groups is 2. The van der Waals surface area contributed by atoms with E-state index < -0.39 is 0 Å². The Hall–Kier alpha value is -0.920. The van der Waals surface area contributed by atoms with Crippen molar-refractivity contribution in [3.05, 3.63) is 16.1 Å². The molecular formula is C13H19N3O2S2. The van der Waals surface area contributed by atoms with Crippen LogP contribution in [0.4, 0.5) is 0 Å². The monoisotopic (exact) mass is 313 g/mol. The third kappa shape index (κ3) is 3.80. The van der Waals surface area contributed by atoms with Crippen LogP contribution in [0.15, 0.2) is 5.38 Å². The zero-order valence-corrected chi connectivity index (χ0v) is 13.2. The van der Waals surface area contributed by atoms with E-state index in [-0.39, 0.29) is 23.1 Å². The van der Waals surface area contributed by atoms with Crippen molar-refractivity contribution in [2.45, 2.75) is 38.8 Å². The lowest BCUT2D eigenvalue weighted by molar-refractivity contribution is -0.112. The van der Waals surface area contributed by atoms with Gasteiger partial charge >= 0.3 is 0 Å². The molecular weight excluding hydrogens is 294 g/mol. The molecule has 110 valence electrons. The van der Waals surface area contributed by atoms with E-state index in [2.05, 4.69) is 24.1 Å². The number of thiazole rings is 1. The second kappa shape index (κ2) is 6.69. The number of hydrogen-bond acceptors (Lipinski definition) is 6. The van der Waals surface area contributed by atoms with Gasteiger partial charge in [0.1, 0.15) is 10.7 Å². The fourth-order valence-corrected chi connectivity index (χ4v) is 3.78. The largest absolute Gasteiger partial charge is 0.340 e. The SMILES string of the molecule is CC(C)CC(N)c1nc(C(=O)NC2CCSC2=O)cs1. The topological polar surface area (TPSA) is 85.1 Å². The molecule has 0 spiro atoms. The van der Waals surface area contributed by atoms with Gasteiger partial charge in [0.25, 0.3) is 5.91 Å². The molecule has 20 heavy (non-hydrogen) atoms. The second-order valence-corrected chi connectivity index (χ2v) is 7.28. The number of nitrogens with zero attached hydrogens (tertiary/aromatic N) is 1. The number of nitrogens with two attached hydrogens (primary N) is 1. The summed E-state index contributed by atoms with van der Waals surface area (Å²) in [5.41, 5.74) is 6.41. The maximum atomic E-state index is 12.0. The highest BCUT2D eigenvalue weighted by atomic mass is 32.2. The number of rotatable bonds is 5. The molecule has 1 amide bonds. The van der Waals surface area contributed by atoms with Crippen molar-refractivity contribution in [3.8, 4) is 0 Å². The lowest BCUT2D eigenvalue weighted by Crippen LogP contribution is -2.37. The first kappa shape index (κ1) is 15.5. The summed E-state index contributed by atoms with van der Waals surface area (Å²) in [6.45, 7) is 4.20. The molecule has 3 N–H and O–H groups in total. The van der Waals surface area contributed by atoms with Crippen molar-refractivity contribution in [1.82, 2.24) is 10.3 Å². The first-order valence-electron chi connectivity index (χ1n) is 6.66. The van der Waals surface area contributed by atoms with Crippen LogP contribution in [-0.2, 0) is 4.79 Å². The van der Waals surface area contributed by atoms with E-state index >= 15 is 0 Å². The molecule has 2 unspecified atom stereocenters. The summed E-state index contributed by atoms with van der Waals surface area (Å²) >= 11 is 2.67. The van der Waals surface area contributed by atoms with Crippen molar-refractivity contribution in [2.75, 3.05) is 5.75 Å². The Labute approximate surface area is 126 Å². The van der Waals surface area contributed by atoms with E-state index in [4.69, 9.17) is 5.73 Å². The Balaban J connectivity index is 1.97. The lowest BCUT2D eigenvalue weighted by atomic mass is 10.1. The fraction of sp³-hybridized carbons (Fsp3) is 0.615. The van der Waals surface area contributed by atoms with Gasteiger partial charge in [-0.2, -0.15) is 0 Å². The van der Waals surface area contributed by atoms with Crippen LogP contribution in [0.25, 0.3) is 0 Å². The van der Waals surface area contributed by atoms with Crippen LogP contribution >= 0.6 is 23.1 Å². The summed E-state index contributed by atoms with van der Waals surface area (Å²) in [7, 11) is 0. The first-order chi connectivity index (χ1) is 9.47. The van der Waals surface area contributed by atoms with Crippen LogP contribution in [0.5, 0.6) is 0 Å². The summed E-state index contributed by atoms with van der Waals surface area (Å²) < 4.78 is 0. The molecule has 5 nitrogen and oxygen atoms in total. The minimum Gasteiger partial charge on any atom is -0.340 e. The van der Waals surface area contributed by atoms with Gasteiger partial charge in [-0.1, -0.05) is 25.6 Å². The predicted molar refractivity (Wildman–Crippen MR) is 81.8 cm³/mol. The molecule has 0 aliphatic carbocycles. The quantitative estimate of drug-likeness (QED) is 0.868. The van der Waals surface area contributed by atoms with Crippen molar-refractivity contribution < 1.29 is 9.59 Å². The van der Waals surface area contributed by atoms with E-state index in [1.165, 1.54) is 23.1 Å². The van der Waals surface area contributed by atoms with Gasteiger partial charge in [-0.15, -0.1) is 11.3 Å². The van der Waals surface area contributed by atoms with Gasteiger partial charge in [0.2, 0.25) is 5.12 Å². The average Bonchev–Trinajstić information content (AvgIpc) is 2.98. The van der Waals surface area contributed by atoms with Crippen LogP contribution in [0, 0.1) is 5.92 Å². The van der Waals surface area contributed by atoms with Crippen LogP contribution in [-0.4, -0.2) is 27.8 Å². The highest BCUT2D eigenvalue weighted by Gasteiger charge is 2.28. The molecule has 2 atom stereocenters. The number of aromatic nitrogens is 1. The number of thioether (sulfide) groups is 1. The summed E-state index contributed by atoms with van der Waals surface area (Å²) in [5.74, 6) is 0.968.